The van der Waals surface area contributed by atoms with Crippen LogP contribution in [0.4, 0.5) is 0 Å². The van der Waals surface area contributed by atoms with Gasteiger partial charge in [0.1, 0.15) is 0 Å². The van der Waals surface area contributed by atoms with E-state index in [4.69, 9.17) is 16.3 Å². The van der Waals surface area contributed by atoms with Crippen LogP contribution in [0.3, 0.4) is 0 Å². The molecule has 4 nitrogen and oxygen atoms in total. The lowest BCUT2D eigenvalue weighted by molar-refractivity contribution is -0.121. The van der Waals surface area contributed by atoms with E-state index in [2.05, 4.69) is 22.8 Å². The van der Waals surface area contributed by atoms with Crippen molar-refractivity contribution < 1.29 is 9.53 Å². The summed E-state index contributed by atoms with van der Waals surface area (Å²) in [6, 6.07) is 8.63. The third kappa shape index (κ3) is 5.30. The smallest absolute Gasteiger partial charge is 0.221 e. The number of carbonyl (C=O) groups excluding carboxylic acids is 1. The number of nitrogens with one attached hydrogen (secondary N) is 2. The second-order valence-electron chi connectivity index (χ2n) is 5.46. The second-order valence-corrected chi connectivity index (χ2v) is 5.90. The van der Waals surface area contributed by atoms with Crippen LogP contribution in [0.2, 0.25) is 5.02 Å². The topological polar surface area (TPSA) is 50.4 Å². The molecule has 0 unspecified atom stereocenters. The molecule has 1 aliphatic carbocycles. The summed E-state index contributed by atoms with van der Waals surface area (Å²) < 4.78 is 4.88. The van der Waals surface area contributed by atoms with E-state index in [9.17, 15) is 4.79 Å². The minimum absolute atomic E-state index is 0.0770. The van der Waals surface area contributed by atoms with Gasteiger partial charge in [-0.15, -0.1) is 0 Å². The molecule has 0 atom stereocenters. The number of hydrogen-bond donors (Lipinski definition) is 2. The molecule has 1 aliphatic rings. The second kappa shape index (κ2) is 8.37. The molecule has 1 aromatic carbocycles. The fourth-order valence-electron chi connectivity index (χ4n) is 2.56. The largest absolute Gasteiger partial charge is 0.383 e. The summed E-state index contributed by atoms with van der Waals surface area (Å²) >= 11 is 5.89. The van der Waals surface area contributed by atoms with E-state index in [0.717, 1.165) is 24.4 Å². The van der Waals surface area contributed by atoms with Crippen molar-refractivity contribution in [2.75, 3.05) is 26.8 Å². The fraction of sp³-hybridized carbons (Fsp3) is 0.562. The predicted molar refractivity (Wildman–Crippen MR) is 84.7 cm³/mol. The van der Waals surface area contributed by atoms with E-state index in [1.165, 1.54) is 5.56 Å². The van der Waals surface area contributed by atoms with Crippen LogP contribution < -0.4 is 10.6 Å². The van der Waals surface area contributed by atoms with Crippen molar-refractivity contribution in [2.45, 2.75) is 31.2 Å². The lowest BCUT2D eigenvalue weighted by atomic mass is 9.76. The van der Waals surface area contributed by atoms with E-state index in [-0.39, 0.29) is 5.91 Å². The van der Waals surface area contributed by atoms with Gasteiger partial charge < -0.3 is 15.4 Å². The Kier molecular flexibility index (Phi) is 6.49. The SMILES string of the molecule is COCCNC(=O)CCNC1CC(c2ccc(Cl)cc2)C1. The Morgan fingerprint density at radius 3 is 2.67 bits per heavy atom. The zero-order valence-electron chi connectivity index (χ0n) is 12.4. The molecule has 1 saturated carbocycles. The number of halogens is 1. The molecular weight excluding hydrogens is 288 g/mol. The molecule has 0 bridgehead atoms. The third-order valence-electron chi connectivity index (χ3n) is 3.89. The summed E-state index contributed by atoms with van der Waals surface area (Å²) in [5, 5.41) is 7.03. The number of amides is 1. The number of methoxy groups -OCH3 is 1. The minimum Gasteiger partial charge on any atom is -0.383 e. The Bertz CT molecular complexity index is 444. The Morgan fingerprint density at radius 1 is 1.29 bits per heavy atom. The molecule has 0 aliphatic heterocycles. The standard InChI is InChI=1S/C16H23ClN2O2/c1-21-9-8-19-16(20)6-7-18-15-10-13(11-15)12-2-4-14(17)5-3-12/h2-5,13,15,18H,6-11H2,1H3,(H,19,20). The van der Waals surface area contributed by atoms with Gasteiger partial charge in [-0.05, 0) is 36.5 Å². The summed E-state index contributed by atoms with van der Waals surface area (Å²) in [5.74, 6) is 0.698. The lowest BCUT2D eigenvalue weighted by Gasteiger charge is -2.36. The van der Waals surface area contributed by atoms with Crippen LogP contribution in [0.15, 0.2) is 24.3 Å². The molecule has 2 rings (SSSR count). The Morgan fingerprint density at radius 2 is 2.00 bits per heavy atom. The Balaban J connectivity index is 1.56. The molecule has 0 saturated heterocycles. The molecule has 0 spiro atoms. The molecular formula is C16H23ClN2O2. The zero-order valence-corrected chi connectivity index (χ0v) is 13.2. The van der Waals surface area contributed by atoms with Crippen molar-refractivity contribution in [1.29, 1.82) is 0 Å². The van der Waals surface area contributed by atoms with Gasteiger partial charge in [0.2, 0.25) is 5.91 Å². The minimum atomic E-state index is 0.0770. The Labute approximate surface area is 131 Å². The summed E-state index contributed by atoms with van der Waals surface area (Å²) in [7, 11) is 1.63. The highest BCUT2D eigenvalue weighted by Gasteiger charge is 2.29. The molecule has 1 aromatic rings. The van der Waals surface area contributed by atoms with Crippen LogP contribution >= 0.6 is 11.6 Å². The quantitative estimate of drug-likeness (QED) is 0.725. The van der Waals surface area contributed by atoms with Crippen molar-refractivity contribution in [3.8, 4) is 0 Å². The van der Waals surface area contributed by atoms with Crippen LogP contribution in [0.5, 0.6) is 0 Å². The van der Waals surface area contributed by atoms with Gasteiger partial charge in [0.05, 0.1) is 6.61 Å². The van der Waals surface area contributed by atoms with Crippen LogP contribution in [-0.2, 0) is 9.53 Å². The maximum absolute atomic E-state index is 11.5. The molecule has 0 aromatic heterocycles. The first-order valence-corrected chi connectivity index (χ1v) is 7.81. The van der Waals surface area contributed by atoms with E-state index >= 15 is 0 Å². The highest BCUT2D eigenvalue weighted by Crippen LogP contribution is 2.37. The third-order valence-corrected chi connectivity index (χ3v) is 4.14. The maximum Gasteiger partial charge on any atom is 0.221 e. The number of rotatable bonds is 8. The van der Waals surface area contributed by atoms with Gasteiger partial charge in [0.15, 0.2) is 0 Å². The van der Waals surface area contributed by atoms with Crippen molar-refractivity contribution in [1.82, 2.24) is 10.6 Å². The van der Waals surface area contributed by atoms with E-state index < -0.39 is 0 Å². The predicted octanol–water partition coefficient (Wildman–Crippen LogP) is 2.33. The molecule has 1 fully saturated rings. The first kappa shape index (κ1) is 16.3. The number of ether oxygens (including phenoxy) is 1. The Hall–Kier alpha value is -1.10. The summed E-state index contributed by atoms with van der Waals surface area (Å²) in [5.41, 5.74) is 1.36. The average molecular weight is 311 g/mol. The van der Waals surface area contributed by atoms with Gasteiger partial charge >= 0.3 is 0 Å². The van der Waals surface area contributed by atoms with E-state index in [1.807, 2.05) is 12.1 Å². The monoisotopic (exact) mass is 310 g/mol. The first-order valence-electron chi connectivity index (χ1n) is 7.43. The molecule has 21 heavy (non-hydrogen) atoms. The van der Waals surface area contributed by atoms with Gasteiger partial charge in [-0.25, -0.2) is 0 Å². The van der Waals surface area contributed by atoms with Crippen LogP contribution in [0.25, 0.3) is 0 Å². The van der Waals surface area contributed by atoms with Crippen molar-refractivity contribution in [3.63, 3.8) is 0 Å². The number of benzene rings is 1. The van der Waals surface area contributed by atoms with Gasteiger partial charge in [-0.3, -0.25) is 4.79 Å². The highest BCUT2D eigenvalue weighted by atomic mass is 35.5. The summed E-state index contributed by atoms with van der Waals surface area (Å²) in [4.78, 5) is 11.5. The van der Waals surface area contributed by atoms with Crippen LogP contribution in [0.1, 0.15) is 30.7 Å². The average Bonchev–Trinajstić information content (AvgIpc) is 2.43. The molecule has 0 radical (unpaired) electrons. The van der Waals surface area contributed by atoms with Crippen molar-refractivity contribution in [2.24, 2.45) is 0 Å². The van der Waals surface area contributed by atoms with Crippen LogP contribution in [0, 0.1) is 0 Å². The van der Waals surface area contributed by atoms with Crippen molar-refractivity contribution >= 4 is 17.5 Å². The van der Waals surface area contributed by atoms with E-state index in [0.29, 0.717) is 31.5 Å². The van der Waals surface area contributed by atoms with Crippen LogP contribution in [-0.4, -0.2) is 38.8 Å². The van der Waals surface area contributed by atoms with Crippen molar-refractivity contribution in [3.05, 3.63) is 34.9 Å². The van der Waals surface area contributed by atoms with Gasteiger partial charge in [-0.1, -0.05) is 23.7 Å². The molecule has 116 valence electrons. The molecule has 0 heterocycles. The molecule has 5 heteroatoms. The normalized spacial score (nSPS) is 20.9. The number of carbonyl (C=O) groups is 1. The summed E-state index contributed by atoms with van der Waals surface area (Å²) in [6.07, 6.45) is 2.78. The summed E-state index contributed by atoms with van der Waals surface area (Å²) in [6.45, 7) is 1.87. The van der Waals surface area contributed by atoms with E-state index in [1.54, 1.807) is 7.11 Å². The molecule has 2 N–H and O–H groups in total. The molecule has 1 amide bonds. The highest BCUT2D eigenvalue weighted by molar-refractivity contribution is 6.30. The van der Waals surface area contributed by atoms with Gasteiger partial charge in [-0.2, -0.15) is 0 Å². The van der Waals surface area contributed by atoms with Gasteiger partial charge in [0.25, 0.3) is 0 Å². The fourth-order valence-corrected chi connectivity index (χ4v) is 2.69. The number of hydrogen-bond acceptors (Lipinski definition) is 3. The lowest BCUT2D eigenvalue weighted by Crippen LogP contribution is -2.41. The maximum atomic E-state index is 11.5. The first-order chi connectivity index (χ1) is 10.2. The zero-order chi connectivity index (χ0) is 15.1. The van der Waals surface area contributed by atoms with Gasteiger partial charge in [0, 0.05) is 37.7 Å².